The van der Waals surface area contributed by atoms with Crippen molar-refractivity contribution in [3.05, 3.63) is 29.8 Å². The molecular formula is C14H19NOS. The van der Waals surface area contributed by atoms with Crippen LogP contribution in [0.1, 0.15) is 37.3 Å². The SMILES string of the molecule is OC1CCCCC1NC1CSc2ccccc21. The lowest BCUT2D eigenvalue weighted by Crippen LogP contribution is -2.43. The summed E-state index contributed by atoms with van der Waals surface area (Å²) in [5.74, 6) is 1.10. The smallest absolute Gasteiger partial charge is 0.0693 e. The summed E-state index contributed by atoms with van der Waals surface area (Å²) < 4.78 is 0. The van der Waals surface area contributed by atoms with E-state index in [9.17, 15) is 5.11 Å². The van der Waals surface area contributed by atoms with Crippen LogP contribution in [0, 0.1) is 0 Å². The number of benzene rings is 1. The van der Waals surface area contributed by atoms with Gasteiger partial charge in [0.2, 0.25) is 0 Å². The fourth-order valence-corrected chi connectivity index (χ4v) is 4.04. The number of nitrogens with one attached hydrogen (secondary N) is 1. The van der Waals surface area contributed by atoms with Gasteiger partial charge in [-0.15, -0.1) is 11.8 Å². The van der Waals surface area contributed by atoms with Crippen LogP contribution in [0.15, 0.2) is 29.2 Å². The van der Waals surface area contributed by atoms with Crippen LogP contribution < -0.4 is 5.32 Å². The predicted octanol–water partition coefficient (Wildman–Crippen LogP) is 2.73. The molecule has 0 amide bonds. The molecule has 17 heavy (non-hydrogen) atoms. The van der Waals surface area contributed by atoms with Gasteiger partial charge in [0.1, 0.15) is 0 Å². The van der Waals surface area contributed by atoms with Gasteiger partial charge in [-0.05, 0) is 24.5 Å². The molecule has 1 aromatic rings. The zero-order chi connectivity index (χ0) is 11.7. The van der Waals surface area contributed by atoms with Crippen molar-refractivity contribution in [2.24, 2.45) is 0 Å². The first-order chi connectivity index (χ1) is 8.34. The van der Waals surface area contributed by atoms with Crippen molar-refractivity contribution in [1.29, 1.82) is 0 Å². The normalized spacial score (nSPS) is 32.4. The van der Waals surface area contributed by atoms with E-state index in [1.165, 1.54) is 23.3 Å². The largest absolute Gasteiger partial charge is 0.392 e. The van der Waals surface area contributed by atoms with Gasteiger partial charge in [0.05, 0.1) is 6.10 Å². The summed E-state index contributed by atoms with van der Waals surface area (Å²) in [6.07, 6.45) is 4.34. The van der Waals surface area contributed by atoms with Gasteiger partial charge >= 0.3 is 0 Å². The topological polar surface area (TPSA) is 32.3 Å². The van der Waals surface area contributed by atoms with Crippen molar-refractivity contribution in [3.8, 4) is 0 Å². The van der Waals surface area contributed by atoms with Gasteiger partial charge in [0.15, 0.2) is 0 Å². The lowest BCUT2D eigenvalue weighted by Gasteiger charge is -2.31. The van der Waals surface area contributed by atoms with Crippen molar-refractivity contribution in [1.82, 2.24) is 5.32 Å². The highest BCUT2D eigenvalue weighted by molar-refractivity contribution is 7.99. The molecule has 3 rings (SSSR count). The zero-order valence-electron chi connectivity index (χ0n) is 9.93. The van der Waals surface area contributed by atoms with Gasteiger partial charge in [0.25, 0.3) is 0 Å². The minimum Gasteiger partial charge on any atom is -0.392 e. The van der Waals surface area contributed by atoms with Crippen molar-refractivity contribution >= 4 is 11.8 Å². The van der Waals surface area contributed by atoms with E-state index < -0.39 is 0 Å². The Morgan fingerprint density at radius 3 is 2.88 bits per heavy atom. The van der Waals surface area contributed by atoms with Crippen molar-refractivity contribution in [3.63, 3.8) is 0 Å². The number of hydrogen-bond acceptors (Lipinski definition) is 3. The molecule has 1 heterocycles. The molecule has 1 aliphatic heterocycles. The molecule has 2 aliphatic rings. The second-order valence-corrected chi connectivity index (χ2v) is 6.09. The second-order valence-electron chi connectivity index (χ2n) is 5.03. The molecule has 1 saturated carbocycles. The van der Waals surface area contributed by atoms with E-state index in [-0.39, 0.29) is 6.10 Å². The van der Waals surface area contributed by atoms with E-state index in [2.05, 4.69) is 29.6 Å². The maximum Gasteiger partial charge on any atom is 0.0693 e. The predicted molar refractivity (Wildman–Crippen MR) is 71.3 cm³/mol. The third-order valence-electron chi connectivity index (χ3n) is 3.84. The van der Waals surface area contributed by atoms with E-state index in [0.717, 1.165) is 18.6 Å². The average molecular weight is 249 g/mol. The van der Waals surface area contributed by atoms with Gasteiger partial charge in [-0.25, -0.2) is 0 Å². The average Bonchev–Trinajstić information content (AvgIpc) is 2.76. The Bertz CT molecular complexity index is 396. The summed E-state index contributed by atoms with van der Waals surface area (Å²) in [6.45, 7) is 0. The Balaban J connectivity index is 1.70. The van der Waals surface area contributed by atoms with Gasteiger partial charge in [0, 0.05) is 22.7 Å². The van der Waals surface area contributed by atoms with E-state index >= 15 is 0 Å². The Hall–Kier alpha value is -0.510. The van der Waals surface area contributed by atoms with Crippen LogP contribution in [0.4, 0.5) is 0 Å². The molecule has 1 aromatic carbocycles. The molecule has 0 radical (unpaired) electrons. The number of hydrogen-bond donors (Lipinski definition) is 2. The van der Waals surface area contributed by atoms with Crippen LogP contribution in [0.3, 0.4) is 0 Å². The Kier molecular flexibility index (Phi) is 3.41. The van der Waals surface area contributed by atoms with Gasteiger partial charge in [-0.3, -0.25) is 0 Å². The summed E-state index contributed by atoms with van der Waals surface area (Å²) in [6, 6.07) is 9.33. The molecule has 0 bridgehead atoms. The highest BCUT2D eigenvalue weighted by atomic mass is 32.2. The quantitative estimate of drug-likeness (QED) is 0.845. The molecule has 2 N–H and O–H groups in total. The third-order valence-corrected chi connectivity index (χ3v) is 5.03. The van der Waals surface area contributed by atoms with Gasteiger partial charge in [-0.2, -0.15) is 0 Å². The Morgan fingerprint density at radius 1 is 1.18 bits per heavy atom. The van der Waals surface area contributed by atoms with Gasteiger partial charge in [-0.1, -0.05) is 31.0 Å². The summed E-state index contributed by atoms with van der Waals surface area (Å²) in [7, 11) is 0. The molecule has 92 valence electrons. The highest BCUT2D eigenvalue weighted by Crippen LogP contribution is 2.38. The fraction of sp³-hybridized carbons (Fsp3) is 0.571. The molecule has 3 unspecified atom stereocenters. The monoisotopic (exact) mass is 249 g/mol. The Labute approximate surface area is 107 Å². The van der Waals surface area contributed by atoms with Crippen LogP contribution in [0.2, 0.25) is 0 Å². The highest BCUT2D eigenvalue weighted by Gasteiger charge is 2.29. The van der Waals surface area contributed by atoms with Crippen molar-refractivity contribution in [2.45, 2.75) is 48.8 Å². The van der Waals surface area contributed by atoms with Crippen LogP contribution >= 0.6 is 11.8 Å². The number of aliphatic hydroxyl groups excluding tert-OH is 1. The number of fused-ring (bicyclic) bond motifs is 1. The van der Waals surface area contributed by atoms with Crippen LogP contribution in [0.5, 0.6) is 0 Å². The van der Waals surface area contributed by atoms with E-state index in [1.807, 2.05) is 11.8 Å². The van der Waals surface area contributed by atoms with E-state index in [4.69, 9.17) is 0 Å². The molecule has 2 nitrogen and oxygen atoms in total. The number of aliphatic hydroxyl groups is 1. The van der Waals surface area contributed by atoms with Crippen LogP contribution in [-0.2, 0) is 0 Å². The van der Waals surface area contributed by atoms with Crippen molar-refractivity contribution in [2.75, 3.05) is 5.75 Å². The minimum absolute atomic E-state index is 0.151. The molecule has 1 aliphatic carbocycles. The summed E-state index contributed by atoms with van der Waals surface area (Å²) in [5.41, 5.74) is 1.41. The van der Waals surface area contributed by atoms with Crippen LogP contribution in [0.25, 0.3) is 0 Å². The van der Waals surface area contributed by atoms with Gasteiger partial charge < -0.3 is 10.4 Å². The molecule has 0 saturated heterocycles. The summed E-state index contributed by atoms with van der Waals surface area (Å²) in [4.78, 5) is 1.40. The maximum atomic E-state index is 10.0. The second kappa shape index (κ2) is 5.01. The van der Waals surface area contributed by atoms with E-state index in [0.29, 0.717) is 12.1 Å². The molecule has 3 heteroatoms. The fourth-order valence-electron chi connectivity index (χ4n) is 2.86. The summed E-state index contributed by atoms with van der Waals surface area (Å²) in [5, 5.41) is 13.7. The maximum absolute atomic E-state index is 10.0. The molecule has 3 atom stereocenters. The summed E-state index contributed by atoms with van der Waals surface area (Å²) >= 11 is 1.92. The first-order valence-electron chi connectivity index (χ1n) is 6.50. The van der Waals surface area contributed by atoms with Crippen molar-refractivity contribution < 1.29 is 5.11 Å². The lowest BCUT2D eigenvalue weighted by molar-refractivity contribution is 0.0863. The third kappa shape index (κ3) is 2.37. The Morgan fingerprint density at radius 2 is 2.00 bits per heavy atom. The molecule has 0 aromatic heterocycles. The van der Waals surface area contributed by atoms with Crippen LogP contribution in [-0.4, -0.2) is 23.0 Å². The van der Waals surface area contributed by atoms with E-state index in [1.54, 1.807) is 0 Å². The minimum atomic E-state index is -0.151. The number of thioether (sulfide) groups is 1. The molecular weight excluding hydrogens is 230 g/mol. The molecule has 1 fully saturated rings. The number of rotatable bonds is 2. The standard InChI is InChI=1S/C14H19NOS/c16-13-7-3-2-6-11(13)15-12-9-17-14-8-4-1-5-10(12)14/h1,4-5,8,11-13,15-16H,2-3,6-7,9H2. The molecule has 0 spiro atoms. The first kappa shape index (κ1) is 11.6. The zero-order valence-corrected chi connectivity index (χ0v) is 10.7. The lowest BCUT2D eigenvalue weighted by atomic mass is 9.91. The first-order valence-corrected chi connectivity index (χ1v) is 7.49.